The highest BCUT2D eigenvalue weighted by molar-refractivity contribution is 5.93. The number of ether oxygens (including phenoxy) is 1. The first-order valence-corrected chi connectivity index (χ1v) is 4.17. The molecule has 0 aliphatic carbocycles. The summed E-state index contributed by atoms with van der Waals surface area (Å²) >= 11 is 0. The number of nitrogens with one attached hydrogen (secondary N) is 2. The molecule has 7 heteroatoms. The number of carboxylic acid groups (broad SMARTS) is 1. The summed E-state index contributed by atoms with van der Waals surface area (Å²) in [5.41, 5.74) is 0.343. The summed E-state index contributed by atoms with van der Waals surface area (Å²) in [5, 5.41) is 17.1. The van der Waals surface area contributed by atoms with Crippen LogP contribution in [0.5, 0.6) is 0 Å². The smallest absolute Gasteiger partial charge is 0.334 e. The van der Waals surface area contributed by atoms with E-state index < -0.39 is 18.0 Å². The van der Waals surface area contributed by atoms with Crippen LogP contribution in [0.3, 0.4) is 0 Å². The van der Waals surface area contributed by atoms with Crippen molar-refractivity contribution in [3.05, 3.63) is 18.0 Å². The third kappa shape index (κ3) is 3.06. The predicted octanol–water partition coefficient (Wildman–Crippen LogP) is -0.761. The number of nitrogens with zero attached hydrogens (tertiary/aromatic N) is 1. The number of rotatable bonds is 5. The average Bonchev–Trinajstić information content (AvgIpc) is 2.70. The molecule has 0 fully saturated rings. The highest BCUT2D eigenvalue weighted by Crippen LogP contribution is 1.94. The summed E-state index contributed by atoms with van der Waals surface area (Å²) < 4.78 is 4.64. The summed E-state index contributed by atoms with van der Waals surface area (Å²) in [6, 6.07) is 0. The lowest BCUT2D eigenvalue weighted by atomic mass is 10.3. The van der Waals surface area contributed by atoms with Crippen molar-refractivity contribution < 1.29 is 19.4 Å². The molecule has 0 aliphatic rings. The number of hydrogen-bond acceptors (Lipinski definition) is 4. The van der Waals surface area contributed by atoms with Crippen molar-refractivity contribution in [2.45, 2.75) is 6.10 Å². The maximum Gasteiger partial charge on any atom is 0.334 e. The fourth-order valence-electron chi connectivity index (χ4n) is 0.934. The van der Waals surface area contributed by atoms with E-state index in [0.717, 1.165) is 0 Å². The van der Waals surface area contributed by atoms with Gasteiger partial charge in [0.1, 0.15) is 0 Å². The first-order chi connectivity index (χ1) is 7.15. The summed E-state index contributed by atoms with van der Waals surface area (Å²) in [7, 11) is 1.27. The Balaban J connectivity index is 2.43. The van der Waals surface area contributed by atoms with Crippen molar-refractivity contribution in [1.29, 1.82) is 0 Å². The van der Waals surface area contributed by atoms with E-state index in [9.17, 15) is 9.59 Å². The van der Waals surface area contributed by atoms with Gasteiger partial charge in [-0.25, -0.2) is 4.79 Å². The number of aromatic nitrogens is 2. The molecule has 1 aromatic rings. The Kier molecular flexibility index (Phi) is 3.81. The van der Waals surface area contributed by atoms with Crippen LogP contribution in [0, 0.1) is 0 Å². The van der Waals surface area contributed by atoms with Crippen LogP contribution in [0.2, 0.25) is 0 Å². The quantitative estimate of drug-likeness (QED) is 0.596. The lowest BCUT2D eigenvalue weighted by molar-refractivity contribution is -0.147. The molecule has 0 spiro atoms. The third-order valence-electron chi connectivity index (χ3n) is 1.77. The second kappa shape index (κ2) is 5.11. The maximum absolute atomic E-state index is 11.3. The fourth-order valence-corrected chi connectivity index (χ4v) is 0.934. The highest BCUT2D eigenvalue weighted by atomic mass is 16.5. The number of hydrogen-bond donors (Lipinski definition) is 3. The average molecular weight is 213 g/mol. The summed E-state index contributed by atoms with van der Waals surface area (Å²) in [5.74, 6) is -1.52. The predicted molar refractivity (Wildman–Crippen MR) is 49.4 cm³/mol. The van der Waals surface area contributed by atoms with E-state index in [1.54, 1.807) is 0 Å². The van der Waals surface area contributed by atoms with Gasteiger partial charge in [-0.1, -0.05) is 0 Å². The zero-order valence-electron chi connectivity index (χ0n) is 8.06. The van der Waals surface area contributed by atoms with Crippen molar-refractivity contribution >= 4 is 11.9 Å². The van der Waals surface area contributed by atoms with Gasteiger partial charge in [-0.05, 0) is 0 Å². The molecule has 0 saturated carbocycles. The molecule has 1 heterocycles. The van der Waals surface area contributed by atoms with E-state index in [1.807, 2.05) is 0 Å². The first-order valence-electron chi connectivity index (χ1n) is 4.17. The van der Waals surface area contributed by atoms with E-state index in [1.165, 1.54) is 19.5 Å². The highest BCUT2D eigenvalue weighted by Gasteiger charge is 2.17. The Bertz CT molecular complexity index is 336. The normalized spacial score (nSPS) is 12.1. The van der Waals surface area contributed by atoms with Crippen molar-refractivity contribution in [3.8, 4) is 0 Å². The Morgan fingerprint density at radius 1 is 1.73 bits per heavy atom. The molecular weight excluding hydrogens is 202 g/mol. The Hall–Kier alpha value is -1.89. The second-order valence-corrected chi connectivity index (χ2v) is 2.76. The van der Waals surface area contributed by atoms with E-state index in [0.29, 0.717) is 5.56 Å². The topological polar surface area (TPSA) is 104 Å². The number of aliphatic carboxylic acids is 1. The molecule has 0 aromatic carbocycles. The molecule has 7 nitrogen and oxygen atoms in total. The molecule has 0 aliphatic heterocycles. The number of methoxy groups -OCH3 is 1. The van der Waals surface area contributed by atoms with Gasteiger partial charge in [0.25, 0.3) is 5.91 Å². The molecule has 0 radical (unpaired) electrons. The van der Waals surface area contributed by atoms with Crippen LogP contribution in [0.1, 0.15) is 10.4 Å². The summed E-state index contributed by atoms with van der Waals surface area (Å²) in [4.78, 5) is 21.9. The van der Waals surface area contributed by atoms with Crippen molar-refractivity contribution in [3.63, 3.8) is 0 Å². The van der Waals surface area contributed by atoms with E-state index in [-0.39, 0.29) is 6.54 Å². The maximum atomic E-state index is 11.3. The number of carbonyl (C=O) groups is 2. The summed E-state index contributed by atoms with van der Waals surface area (Å²) in [6.45, 7) is -0.0875. The zero-order chi connectivity index (χ0) is 11.3. The largest absolute Gasteiger partial charge is 0.479 e. The van der Waals surface area contributed by atoms with Gasteiger partial charge in [-0.15, -0.1) is 0 Å². The molecule has 3 N–H and O–H groups in total. The first kappa shape index (κ1) is 11.2. The van der Waals surface area contributed by atoms with E-state index >= 15 is 0 Å². The van der Waals surface area contributed by atoms with Gasteiger partial charge in [0.2, 0.25) is 0 Å². The number of carboxylic acids is 1. The molecule has 82 valence electrons. The van der Waals surface area contributed by atoms with Crippen molar-refractivity contribution in [2.24, 2.45) is 0 Å². The molecule has 1 rings (SSSR count). The van der Waals surface area contributed by atoms with Gasteiger partial charge in [-0.3, -0.25) is 9.89 Å². The third-order valence-corrected chi connectivity index (χ3v) is 1.77. The second-order valence-electron chi connectivity index (χ2n) is 2.76. The van der Waals surface area contributed by atoms with Crippen LogP contribution in [-0.4, -0.2) is 46.9 Å². The van der Waals surface area contributed by atoms with Gasteiger partial charge in [0.15, 0.2) is 6.10 Å². The van der Waals surface area contributed by atoms with Crippen LogP contribution < -0.4 is 5.32 Å². The minimum atomic E-state index is -1.12. The number of aromatic amines is 1. The number of amides is 1. The minimum Gasteiger partial charge on any atom is -0.479 e. The molecule has 1 unspecified atom stereocenters. The SMILES string of the molecule is COC(CNC(=O)c1cn[nH]c1)C(=O)O. The van der Waals surface area contributed by atoms with Crippen LogP contribution in [0.25, 0.3) is 0 Å². The number of carbonyl (C=O) groups excluding carboxylic acids is 1. The van der Waals surface area contributed by atoms with Gasteiger partial charge in [0.05, 0.1) is 18.3 Å². The van der Waals surface area contributed by atoms with Gasteiger partial charge in [-0.2, -0.15) is 5.10 Å². The monoisotopic (exact) mass is 213 g/mol. The minimum absolute atomic E-state index is 0.0875. The molecule has 1 amide bonds. The molecule has 0 saturated heterocycles. The van der Waals surface area contributed by atoms with Gasteiger partial charge in [0, 0.05) is 13.3 Å². The van der Waals surface area contributed by atoms with Gasteiger partial charge >= 0.3 is 5.97 Å². The van der Waals surface area contributed by atoms with Crippen molar-refractivity contribution in [2.75, 3.05) is 13.7 Å². The lowest BCUT2D eigenvalue weighted by Crippen LogP contribution is -2.37. The standard InChI is InChI=1S/C8H11N3O4/c1-15-6(8(13)14)4-9-7(12)5-2-10-11-3-5/h2-3,6H,4H2,1H3,(H,9,12)(H,10,11)(H,13,14). The molecular formula is C8H11N3O4. The van der Waals surface area contributed by atoms with Crippen LogP contribution >= 0.6 is 0 Å². The van der Waals surface area contributed by atoms with Crippen LogP contribution in [0.4, 0.5) is 0 Å². The Morgan fingerprint density at radius 2 is 2.47 bits per heavy atom. The fraction of sp³-hybridized carbons (Fsp3) is 0.375. The lowest BCUT2D eigenvalue weighted by Gasteiger charge is -2.10. The summed E-state index contributed by atoms with van der Waals surface area (Å²) in [6.07, 6.45) is 1.72. The molecule has 1 atom stereocenters. The molecule has 15 heavy (non-hydrogen) atoms. The zero-order valence-corrected chi connectivity index (χ0v) is 8.06. The molecule has 1 aromatic heterocycles. The van der Waals surface area contributed by atoms with Crippen LogP contribution in [0.15, 0.2) is 12.4 Å². The van der Waals surface area contributed by atoms with E-state index in [4.69, 9.17) is 5.11 Å². The van der Waals surface area contributed by atoms with Gasteiger partial charge < -0.3 is 15.2 Å². The Labute approximate surface area is 85.4 Å². The van der Waals surface area contributed by atoms with E-state index in [2.05, 4.69) is 20.3 Å². The van der Waals surface area contributed by atoms with Crippen LogP contribution in [-0.2, 0) is 9.53 Å². The number of H-pyrrole nitrogens is 1. The molecule has 0 bridgehead atoms. The Morgan fingerprint density at radius 3 is 2.93 bits per heavy atom. The van der Waals surface area contributed by atoms with Crippen molar-refractivity contribution in [1.82, 2.24) is 15.5 Å².